The van der Waals surface area contributed by atoms with Gasteiger partial charge in [0.1, 0.15) is 0 Å². The summed E-state index contributed by atoms with van der Waals surface area (Å²) < 4.78 is 0. The average Bonchev–Trinajstić information content (AvgIpc) is 2.48. The molecule has 0 aliphatic heterocycles. The van der Waals surface area contributed by atoms with Crippen LogP contribution in [0.2, 0.25) is 0 Å². The van der Waals surface area contributed by atoms with Crippen LogP contribution in [-0.2, 0) is 0 Å². The zero-order valence-corrected chi connectivity index (χ0v) is 9.47. The molecule has 0 saturated heterocycles. The lowest BCUT2D eigenvalue weighted by atomic mass is 9.81. The van der Waals surface area contributed by atoms with Crippen molar-refractivity contribution in [3.8, 4) is 0 Å². The van der Waals surface area contributed by atoms with Gasteiger partial charge in [0.05, 0.1) is 0 Å². The Labute approximate surface area is 83.1 Å². The van der Waals surface area contributed by atoms with Crippen LogP contribution in [0.5, 0.6) is 0 Å². The van der Waals surface area contributed by atoms with E-state index < -0.39 is 0 Å². The van der Waals surface area contributed by atoms with Gasteiger partial charge < -0.3 is 0 Å². The summed E-state index contributed by atoms with van der Waals surface area (Å²) in [5, 5.41) is 0. The fourth-order valence-corrected chi connectivity index (χ4v) is 4.15. The predicted molar refractivity (Wildman–Crippen MR) is 57.6 cm³/mol. The molecule has 13 heavy (non-hydrogen) atoms. The number of fused-ring (bicyclic) bond motifs is 1. The molecule has 3 unspecified atom stereocenters. The van der Waals surface area contributed by atoms with E-state index in [1.54, 1.807) is 12.8 Å². The second-order valence-electron chi connectivity index (χ2n) is 5.34. The molecule has 2 aliphatic rings. The summed E-state index contributed by atoms with van der Waals surface area (Å²) >= 11 is 0. The van der Waals surface area contributed by atoms with Crippen molar-refractivity contribution in [1.82, 2.24) is 0 Å². The van der Waals surface area contributed by atoms with Crippen LogP contribution in [0.3, 0.4) is 0 Å². The molecule has 0 heteroatoms. The standard InChI is InChI=1S/C13H24/c1-4-6-10(3)13(9-5-2)11-7-8-12(11)13/h10-12H,4-9H2,1-3H3. The Kier molecular flexibility index (Phi) is 2.42. The lowest BCUT2D eigenvalue weighted by molar-refractivity contribution is 0.261. The minimum Gasteiger partial charge on any atom is -0.0654 e. The topological polar surface area (TPSA) is 0 Å². The fraction of sp³-hybridized carbons (Fsp3) is 1.00. The van der Waals surface area contributed by atoms with Crippen molar-refractivity contribution in [2.75, 3.05) is 0 Å². The molecule has 0 aromatic carbocycles. The molecule has 0 bridgehead atoms. The second kappa shape index (κ2) is 3.29. The van der Waals surface area contributed by atoms with Crippen LogP contribution in [0.15, 0.2) is 0 Å². The zero-order chi connectivity index (χ0) is 9.47. The summed E-state index contributed by atoms with van der Waals surface area (Å²) in [6, 6.07) is 0. The van der Waals surface area contributed by atoms with Crippen molar-refractivity contribution < 1.29 is 0 Å². The fourth-order valence-electron chi connectivity index (χ4n) is 4.15. The van der Waals surface area contributed by atoms with Crippen molar-refractivity contribution in [2.24, 2.45) is 23.2 Å². The van der Waals surface area contributed by atoms with E-state index in [0.29, 0.717) is 0 Å². The Balaban J connectivity index is 1.98. The van der Waals surface area contributed by atoms with E-state index in [9.17, 15) is 0 Å². The molecule has 0 radical (unpaired) electrons. The second-order valence-corrected chi connectivity index (χ2v) is 5.34. The molecule has 2 aliphatic carbocycles. The molecule has 2 fully saturated rings. The van der Waals surface area contributed by atoms with Gasteiger partial charge in [-0.25, -0.2) is 0 Å². The third-order valence-electron chi connectivity index (χ3n) is 4.87. The molecule has 0 nitrogen and oxygen atoms in total. The van der Waals surface area contributed by atoms with Gasteiger partial charge in [0, 0.05) is 0 Å². The molecule has 0 heterocycles. The number of hydrogen-bond donors (Lipinski definition) is 0. The van der Waals surface area contributed by atoms with E-state index in [2.05, 4.69) is 20.8 Å². The highest BCUT2D eigenvalue weighted by Crippen LogP contribution is 2.76. The third kappa shape index (κ3) is 1.17. The highest BCUT2D eigenvalue weighted by Gasteiger charge is 2.69. The molecule has 0 spiro atoms. The zero-order valence-electron chi connectivity index (χ0n) is 9.47. The van der Waals surface area contributed by atoms with Crippen LogP contribution < -0.4 is 0 Å². The van der Waals surface area contributed by atoms with E-state index in [4.69, 9.17) is 0 Å². The van der Waals surface area contributed by atoms with Gasteiger partial charge >= 0.3 is 0 Å². The van der Waals surface area contributed by atoms with Crippen molar-refractivity contribution in [2.45, 2.75) is 59.3 Å². The van der Waals surface area contributed by atoms with Crippen LogP contribution in [0.25, 0.3) is 0 Å². The summed E-state index contributed by atoms with van der Waals surface area (Å²) in [6.07, 6.45) is 8.88. The van der Waals surface area contributed by atoms with E-state index in [-0.39, 0.29) is 0 Å². The van der Waals surface area contributed by atoms with Crippen molar-refractivity contribution in [3.05, 3.63) is 0 Å². The van der Waals surface area contributed by atoms with Gasteiger partial charge in [0.25, 0.3) is 0 Å². The first-order chi connectivity index (χ1) is 6.27. The van der Waals surface area contributed by atoms with Gasteiger partial charge in [-0.1, -0.05) is 40.0 Å². The SMILES string of the molecule is CCCC(C)C1(CCC)C2CCC21. The Morgan fingerprint density at radius 3 is 2.15 bits per heavy atom. The maximum absolute atomic E-state index is 2.51. The van der Waals surface area contributed by atoms with Gasteiger partial charge in [-0.05, 0) is 42.4 Å². The van der Waals surface area contributed by atoms with Gasteiger partial charge in [-0.3, -0.25) is 0 Å². The van der Waals surface area contributed by atoms with Crippen molar-refractivity contribution >= 4 is 0 Å². The van der Waals surface area contributed by atoms with Crippen molar-refractivity contribution in [3.63, 3.8) is 0 Å². The molecular formula is C13H24. The summed E-state index contributed by atoms with van der Waals surface area (Å²) in [4.78, 5) is 0. The Hall–Kier alpha value is 0. The maximum atomic E-state index is 2.51. The molecule has 0 amide bonds. The highest BCUT2D eigenvalue weighted by atomic mass is 14.7. The average molecular weight is 180 g/mol. The molecule has 76 valence electrons. The molecule has 0 N–H and O–H groups in total. The Morgan fingerprint density at radius 2 is 1.77 bits per heavy atom. The molecule has 2 rings (SSSR count). The van der Waals surface area contributed by atoms with Crippen LogP contribution in [0.4, 0.5) is 0 Å². The Bertz CT molecular complexity index is 172. The molecule has 3 atom stereocenters. The summed E-state index contributed by atoms with van der Waals surface area (Å²) in [7, 11) is 0. The van der Waals surface area contributed by atoms with Crippen molar-refractivity contribution in [1.29, 1.82) is 0 Å². The predicted octanol–water partition coefficient (Wildman–Crippen LogP) is 4.25. The van der Waals surface area contributed by atoms with E-state index in [1.807, 2.05) is 0 Å². The van der Waals surface area contributed by atoms with E-state index >= 15 is 0 Å². The molecule has 0 aromatic heterocycles. The van der Waals surface area contributed by atoms with Gasteiger partial charge in [0.15, 0.2) is 0 Å². The van der Waals surface area contributed by atoms with E-state index in [0.717, 1.165) is 23.2 Å². The summed E-state index contributed by atoms with van der Waals surface area (Å²) in [5.41, 5.74) is 0.838. The first-order valence-electron chi connectivity index (χ1n) is 6.27. The van der Waals surface area contributed by atoms with Gasteiger partial charge in [-0.2, -0.15) is 0 Å². The smallest absolute Gasteiger partial charge is 0.0210 e. The van der Waals surface area contributed by atoms with E-state index in [1.165, 1.54) is 25.7 Å². The van der Waals surface area contributed by atoms with Gasteiger partial charge in [-0.15, -0.1) is 0 Å². The molecular weight excluding hydrogens is 156 g/mol. The first kappa shape index (κ1) is 9.55. The third-order valence-corrected chi connectivity index (χ3v) is 4.87. The minimum absolute atomic E-state index is 0.838. The maximum Gasteiger partial charge on any atom is -0.0210 e. The minimum atomic E-state index is 0.838. The summed E-state index contributed by atoms with van der Waals surface area (Å²) in [5.74, 6) is 3.33. The number of rotatable bonds is 5. The lowest BCUT2D eigenvalue weighted by Gasteiger charge is -2.23. The highest BCUT2D eigenvalue weighted by molar-refractivity contribution is 5.17. The quantitative estimate of drug-likeness (QED) is 0.593. The first-order valence-corrected chi connectivity index (χ1v) is 6.27. The van der Waals surface area contributed by atoms with Crippen LogP contribution in [-0.4, -0.2) is 0 Å². The largest absolute Gasteiger partial charge is 0.0654 e. The Morgan fingerprint density at radius 1 is 1.15 bits per heavy atom. The summed E-state index contributed by atoms with van der Waals surface area (Å²) in [6.45, 7) is 7.20. The molecule has 2 saturated carbocycles. The van der Waals surface area contributed by atoms with Gasteiger partial charge in [0.2, 0.25) is 0 Å². The molecule has 0 aromatic rings. The normalized spacial score (nSPS) is 43.6. The van der Waals surface area contributed by atoms with Crippen LogP contribution in [0, 0.1) is 23.2 Å². The lowest BCUT2D eigenvalue weighted by Crippen LogP contribution is -2.15. The monoisotopic (exact) mass is 180 g/mol. The van der Waals surface area contributed by atoms with Crippen LogP contribution >= 0.6 is 0 Å². The van der Waals surface area contributed by atoms with Crippen LogP contribution in [0.1, 0.15) is 59.3 Å². The number of hydrogen-bond acceptors (Lipinski definition) is 0.